The van der Waals surface area contributed by atoms with Gasteiger partial charge in [-0.25, -0.2) is 9.97 Å². The van der Waals surface area contributed by atoms with E-state index in [9.17, 15) is 9.59 Å². The molecule has 172 valence electrons. The highest BCUT2D eigenvalue weighted by atomic mass is 16.2. The Morgan fingerprint density at radius 2 is 1.62 bits per heavy atom. The van der Waals surface area contributed by atoms with Crippen LogP contribution >= 0.6 is 0 Å². The number of nitrogens with zero attached hydrogens (tertiary/aromatic N) is 4. The highest BCUT2D eigenvalue weighted by Gasteiger charge is 2.14. The minimum absolute atomic E-state index is 0.0144. The number of H-pyrrole nitrogens is 1. The monoisotopic (exact) mass is 454 g/mol. The molecule has 5 rings (SSSR count). The summed E-state index contributed by atoms with van der Waals surface area (Å²) in [4.78, 5) is 33.4. The fraction of sp³-hybridized carbons (Fsp3) is 0.192. The lowest BCUT2D eigenvalue weighted by molar-refractivity contribution is -0.126. The van der Waals surface area contributed by atoms with E-state index in [-0.39, 0.29) is 11.7 Å². The summed E-state index contributed by atoms with van der Waals surface area (Å²) < 4.78 is 0. The summed E-state index contributed by atoms with van der Waals surface area (Å²) in [7, 11) is 0. The molecule has 1 saturated heterocycles. The third-order valence-electron chi connectivity index (χ3n) is 5.69. The number of likely N-dealkylation sites (tertiary alicyclic amines) is 1. The van der Waals surface area contributed by atoms with Gasteiger partial charge in [-0.1, -0.05) is 61.2 Å². The molecule has 0 saturated carbocycles. The van der Waals surface area contributed by atoms with Crippen LogP contribution in [-0.2, 0) is 4.79 Å². The van der Waals surface area contributed by atoms with Crippen molar-refractivity contribution in [1.29, 1.82) is 0 Å². The second kappa shape index (κ2) is 10.5. The second-order valence-electron chi connectivity index (χ2n) is 7.92. The summed E-state index contributed by atoms with van der Waals surface area (Å²) in [5.41, 5.74) is 9.33. The maximum Gasteiger partial charge on any atom is 0.245 e. The van der Waals surface area contributed by atoms with E-state index in [0.29, 0.717) is 28.0 Å². The number of nitrogen functional groups attached to an aromatic ring is 1. The summed E-state index contributed by atoms with van der Waals surface area (Å²) in [5, 5.41) is 7.75. The zero-order valence-electron chi connectivity index (χ0n) is 18.8. The van der Waals surface area contributed by atoms with Crippen molar-refractivity contribution in [2.24, 2.45) is 0 Å². The van der Waals surface area contributed by atoms with E-state index in [0.717, 1.165) is 37.2 Å². The number of fused-ring (bicyclic) bond motifs is 1. The number of carbonyl (C=O) groups is 2. The molecule has 1 fully saturated rings. The first-order valence-electron chi connectivity index (χ1n) is 11.1. The van der Waals surface area contributed by atoms with Crippen LogP contribution < -0.4 is 5.73 Å². The topological polar surface area (TPSA) is 118 Å². The number of aromatic amines is 1. The number of aromatic nitrogens is 4. The zero-order chi connectivity index (χ0) is 23.9. The van der Waals surface area contributed by atoms with Crippen molar-refractivity contribution in [3.8, 4) is 11.3 Å². The first kappa shape index (κ1) is 22.8. The van der Waals surface area contributed by atoms with Crippen LogP contribution in [0.3, 0.4) is 0 Å². The number of nitrogens with one attached hydrogen (secondary N) is 1. The Balaban J connectivity index is 0.000000231. The Bertz CT molecular complexity index is 1290. The molecule has 1 aliphatic heterocycles. The summed E-state index contributed by atoms with van der Waals surface area (Å²) in [6, 6.07) is 16.5. The molecule has 1 amide bonds. The number of hydrogen-bond donors (Lipinski definition) is 2. The van der Waals surface area contributed by atoms with Crippen LogP contribution in [0.2, 0.25) is 0 Å². The first-order valence-corrected chi connectivity index (χ1v) is 11.1. The van der Waals surface area contributed by atoms with Gasteiger partial charge in [0.1, 0.15) is 12.1 Å². The molecule has 3 N–H and O–H groups in total. The molecule has 34 heavy (non-hydrogen) atoms. The average molecular weight is 455 g/mol. The number of rotatable bonds is 4. The van der Waals surface area contributed by atoms with E-state index in [4.69, 9.17) is 5.73 Å². The molecule has 2 aromatic heterocycles. The molecular weight excluding hydrogens is 428 g/mol. The molecule has 0 aliphatic carbocycles. The van der Waals surface area contributed by atoms with E-state index < -0.39 is 0 Å². The lowest BCUT2D eigenvalue weighted by Gasteiger charge is -2.25. The van der Waals surface area contributed by atoms with Gasteiger partial charge in [-0.2, -0.15) is 5.10 Å². The van der Waals surface area contributed by atoms with Crippen LogP contribution in [0.15, 0.2) is 73.6 Å². The van der Waals surface area contributed by atoms with Crippen LogP contribution in [0.5, 0.6) is 0 Å². The van der Waals surface area contributed by atoms with Crippen LogP contribution in [0.1, 0.15) is 35.2 Å². The predicted octanol–water partition coefficient (Wildman–Crippen LogP) is 4.02. The predicted molar refractivity (Wildman–Crippen MR) is 132 cm³/mol. The average Bonchev–Trinajstić information content (AvgIpc) is 3.35. The molecule has 1 aliphatic rings. The number of carbonyl (C=O) groups excluding carboxylic acids is 2. The van der Waals surface area contributed by atoms with Gasteiger partial charge in [-0.15, -0.1) is 0 Å². The summed E-state index contributed by atoms with van der Waals surface area (Å²) in [5.74, 6) is 0.437. The van der Waals surface area contributed by atoms with Crippen molar-refractivity contribution >= 4 is 28.5 Å². The largest absolute Gasteiger partial charge is 0.383 e. The lowest BCUT2D eigenvalue weighted by atomic mass is 10.0. The van der Waals surface area contributed by atoms with Crippen molar-refractivity contribution in [1.82, 2.24) is 25.1 Å². The van der Waals surface area contributed by atoms with E-state index in [1.807, 2.05) is 35.2 Å². The quantitative estimate of drug-likeness (QED) is 0.355. The number of nitrogens with two attached hydrogens (primary N) is 1. The molecule has 8 heteroatoms. The smallest absolute Gasteiger partial charge is 0.245 e. The first-order chi connectivity index (χ1) is 16.6. The third kappa shape index (κ3) is 5.01. The van der Waals surface area contributed by atoms with Crippen molar-refractivity contribution in [3.05, 3.63) is 84.7 Å². The van der Waals surface area contributed by atoms with E-state index >= 15 is 0 Å². The normalized spacial score (nSPS) is 13.1. The Kier molecular flexibility index (Phi) is 7.07. The van der Waals surface area contributed by atoms with Crippen LogP contribution in [0.25, 0.3) is 22.3 Å². The Morgan fingerprint density at radius 1 is 0.941 bits per heavy atom. The van der Waals surface area contributed by atoms with Crippen LogP contribution in [-0.4, -0.2) is 49.8 Å². The lowest BCUT2D eigenvalue weighted by Crippen LogP contribution is -2.34. The van der Waals surface area contributed by atoms with Crippen LogP contribution in [0.4, 0.5) is 5.82 Å². The van der Waals surface area contributed by atoms with E-state index in [1.54, 1.807) is 24.3 Å². The van der Waals surface area contributed by atoms with E-state index in [1.165, 1.54) is 18.8 Å². The molecule has 2 aromatic carbocycles. The van der Waals surface area contributed by atoms with Gasteiger partial charge in [0.05, 0.1) is 11.1 Å². The molecule has 0 radical (unpaired) electrons. The van der Waals surface area contributed by atoms with Crippen molar-refractivity contribution in [2.75, 3.05) is 18.8 Å². The second-order valence-corrected chi connectivity index (χ2v) is 7.92. The fourth-order valence-corrected chi connectivity index (χ4v) is 3.88. The number of anilines is 1. The van der Waals surface area contributed by atoms with Gasteiger partial charge in [-0.3, -0.25) is 14.7 Å². The SMILES string of the molecule is C=CC(=O)N1CCCCC1.Nc1ncnc2n[nH]c(-c3ccc(C(=O)c4ccccc4)cc3)c12. The number of ketones is 1. The highest BCUT2D eigenvalue weighted by molar-refractivity contribution is 6.09. The van der Waals surface area contributed by atoms with Crippen molar-refractivity contribution < 1.29 is 9.59 Å². The van der Waals surface area contributed by atoms with Crippen molar-refractivity contribution in [3.63, 3.8) is 0 Å². The van der Waals surface area contributed by atoms with E-state index in [2.05, 4.69) is 26.7 Å². The van der Waals surface area contributed by atoms with Crippen LogP contribution in [0, 0.1) is 0 Å². The molecule has 8 nitrogen and oxygen atoms in total. The van der Waals surface area contributed by atoms with Gasteiger partial charge in [0, 0.05) is 29.8 Å². The number of hydrogen-bond acceptors (Lipinski definition) is 6. The zero-order valence-corrected chi connectivity index (χ0v) is 18.8. The fourth-order valence-electron chi connectivity index (χ4n) is 3.88. The Hall–Kier alpha value is -4.33. The molecule has 0 unspecified atom stereocenters. The minimum atomic E-state index is -0.0144. The summed E-state index contributed by atoms with van der Waals surface area (Å²) >= 11 is 0. The van der Waals surface area contributed by atoms with Gasteiger partial charge in [0.15, 0.2) is 11.4 Å². The van der Waals surface area contributed by atoms with Gasteiger partial charge in [0.2, 0.25) is 5.91 Å². The summed E-state index contributed by atoms with van der Waals surface area (Å²) in [6.07, 6.45) is 6.34. The third-order valence-corrected chi connectivity index (χ3v) is 5.69. The molecule has 4 aromatic rings. The van der Waals surface area contributed by atoms with Gasteiger partial charge >= 0.3 is 0 Å². The standard InChI is InChI=1S/C18H13N5O.C8H13NO/c19-17-14-15(22-23-18(14)21-10-20-17)11-6-8-13(9-7-11)16(24)12-4-2-1-3-5-12;1-2-8(10)9-6-4-3-5-7-9/h1-10H,(H3,19,20,21,22,23);2H,1,3-7H2. The van der Waals surface area contributed by atoms with Crippen molar-refractivity contribution in [2.45, 2.75) is 19.3 Å². The molecule has 0 atom stereocenters. The van der Waals surface area contributed by atoms with Gasteiger partial charge in [0.25, 0.3) is 0 Å². The molecule has 3 heterocycles. The van der Waals surface area contributed by atoms with Gasteiger partial charge in [-0.05, 0) is 25.3 Å². The Labute approximate surface area is 197 Å². The maximum atomic E-state index is 12.5. The number of benzene rings is 2. The molecular formula is C26H26N6O2. The summed E-state index contributed by atoms with van der Waals surface area (Å²) in [6.45, 7) is 5.29. The maximum absolute atomic E-state index is 12.5. The Morgan fingerprint density at radius 3 is 2.29 bits per heavy atom. The highest BCUT2D eigenvalue weighted by Crippen LogP contribution is 2.28. The number of amides is 1. The molecule has 0 bridgehead atoms. The van der Waals surface area contributed by atoms with Gasteiger partial charge < -0.3 is 10.6 Å². The minimum Gasteiger partial charge on any atom is -0.383 e. The molecule has 0 spiro atoms. The number of piperidine rings is 1.